The molecule has 5 rings (SSSR count). The van der Waals surface area contributed by atoms with E-state index in [-0.39, 0.29) is 18.7 Å². The van der Waals surface area contributed by atoms with Crippen LogP contribution in [0, 0.1) is 0 Å². The Balaban J connectivity index is 1.55. The van der Waals surface area contributed by atoms with E-state index in [1.807, 2.05) is 18.3 Å². The molecule has 34 heavy (non-hydrogen) atoms. The topological polar surface area (TPSA) is 60.1 Å². The number of piperazine rings is 1. The van der Waals surface area contributed by atoms with Crippen molar-refractivity contribution in [3.63, 3.8) is 0 Å². The van der Waals surface area contributed by atoms with E-state index in [0.717, 1.165) is 61.1 Å². The summed E-state index contributed by atoms with van der Waals surface area (Å²) in [4.78, 5) is 17.0. The number of anilines is 1. The molecule has 0 amide bonds. The van der Waals surface area contributed by atoms with Gasteiger partial charge in [-0.15, -0.1) is 0 Å². The summed E-state index contributed by atoms with van der Waals surface area (Å²) in [5, 5.41) is 10.6. The highest BCUT2D eigenvalue weighted by Gasteiger charge is 2.33. The second-order valence-corrected chi connectivity index (χ2v) is 9.89. The first-order valence-corrected chi connectivity index (χ1v) is 12.4. The second-order valence-electron chi connectivity index (χ2n) is 9.89. The van der Waals surface area contributed by atoms with Gasteiger partial charge in [-0.25, -0.2) is 4.98 Å². The summed E-state index contributed by atoms with van der Waals surface area (Å²) in [5.41, 5.74) is 5.13. The van der Waals surface area contributed by atoms with Crippen molar-refractivity contribution in [2.45, 2.75) is 44.9 Å². The van der Waals surface area contributed by atoms with Gasteiger partial charge in [0.1, 0.15) is 11.5 Å². The summed E-state index contributed by atoms with van der Waals surface area (Å²) in [6.07, 6.45) is 7.26. The van der Waals surface area contributed by atoms with Crippen LogP contribution in [0.5, 0.6) is 0 Å². The molecular formula is C27H36N6O. The van der Waals surface area contributed by atoms with E-state index in [9.17, 15) is 5.11 Å². The number of hydrogen-bond donors (Lipinski definition) is 1. The van der Waals surface area contributed by atoms with Gasteiger partial charge in [0, 0.05) is 32.4 Å². The number of likely N-dealkylation sites (N-methyl/N-ethyl adjacent to an activating group) is 2. The van der Waals surface area contributed by atoms with Gasteiger partial charge in [0.05, 0.1) is 35.8 Å². The van der Waals surface area contributed by atoms with E-state index >= 15 is 0 Å². The quantitative estimate of drug-likeness (QED) is 0.585. The van der Waals surface area contributed by atoms with Crippen LogP contribution < -0.4 is 4.90 Å². The molecule has 0 aromatic carbocycles. The van der Waals surface area contributed by atoms with Crippen LogP contribution in [-0.4, -0.2) is 69.5 Å². The Hall–Kier alpha value is -2.74. The maximum Gasteiger partial charge on any atom is 0.138 e. The lowest BCUT2D eigenvalue weighted by atomic mass is 9.92. The lowest BCUT2D eigenvalue weighted by Crippen LogP contribution is -2.45. The summed E-state index contributed by atoms with van der Waals surface area (Å²) in [5.74, 6) is 1.52. The fourth-order valence-electron chi connectivity index (χ4n) is 5.44. The third kappa shape index (κ3) is 4.02. The predicted molar refractivity (Wildman–Crippen MR) is 136 cm³/mol. The fraction of sp³-hybridized carbons (Fsp3) is 0.481. The Morgan fingerprint density at radius 1 is 1.03 bits per heavy atom. The van der Waals surface area contributed by atoms with Crippen molar-refractivity contribution in [2.75, 3.05) is 45.2 Å². The molecule has 0 saturated carbocycles. The lowest BCUT2D eigenvalue weighted by molar-refractivity contribution is 0.182. The van der Waals surface area contributed by atoms with E-state index in [4.69, 9.17) is 9.97 Å². The minimum Gasteiger partial charge on any atom is -0.390 e. The molecule has 1 fully saturated rings. The van der Waals surface area contributed by atoms with E-state index < -0.39 is 0 Å². The van der Waals surface area contributed by atoms with E-state index in [0.29, 0.717) is 5.92 Å². The minimum atomic E-state index is -0.0409. The molecule has 2 atom stereocenters. The van der Waals surface area contributed by atoms with Gasteiger partial charge in [0.15, 0.2) is 0 Å². The highest BCUT2D eigenvalue weighted by Crippen LogP contribution is 2.39. The summed E-state index contributed by atoms with van der Waals surface area (Å²) < 4.78 is 2.17. The normalized spacial score (nSPS) is 22.2. The van der Waals surface area contributed by atoms with Crippen molar-refractivity contribution in [3.8, 4) is 0 Å². The average molecular weight is 461 g/mol. The molecule has 7 nitrogen and oxygen atoms in total. The fourth-order valence-corrected chi connectivity index (χ4v) is 5.44. The van der Waals surface area contributed by atoms with Crippen molar-refractivity contribution in [1.82, 2.24) is 24.2 Å². The average Bonchev–Trinajstić information content (AvgIpc) is 3.23. The monoisotopic (exact) mass is 460 g/mol. The molecule has 1 N–H and O–H groups in total. The molecule has 1 saturated heterocycles. The lowest BCUT2D eigenvalue weighted by Gasteiger charge is -2.37. The molecule has 2 aliphatic heterocycles. The zero-order valence-corrected chi connectivity index (χ0v) is 20.7. The van der Waals surface area contributed by atoms with Crippen molar-refractivity contribution < 1.29 is 5.11 Å². The van der Waals surface area contributed by atoms with Crippen molar-refractivity contribution in [1.29, 1.82) is 0 Å². The maximum absolute atomic E-state index is 10.6. The van der Waals surface area contributed by atoms with E-state index in [2.05, 4.69) is 77.4 Å². The summed E-state index contributed by atoms with van der Waals surface area (Å²) in [6, 6.07) is 10.6. The zero-order chi connectivity index (χ0) is 23.8. The number of aliphatic hydroxyl groups is 1. The van der Waals surface area contributed by atoms with Crippen LogP contribution in [-0.2, 0) is 6.61 Å². The van der Waals surface area contributed by atoms with Crippen LogP contribution >= 0.6 is 0 Å². The highest BCUT2D eigenvalue weighted by molar-refractivity contribution is 5.55. The number of hydrogen-bond acceptors (Lipinski definition) is 6. The number of pyridine rings is 2. The first kappa shape index (κ1) is 23.0. The molecule has 5 heterocycles. The Labute approximate surface area is 202 Å². The number of aromatic nitrogens is 3. The van der Waals surface area contributed by atoms with Crippen molar-refractivity contribution in [3.05, 3.63) is 71.3 Å². The Bertz CT molecular complexity index is 1180. The van der Waals surface area contributed by atoms with Gasteiger partial charge in [-0.3, -0.25) is 14.3 Å². The van der Waals surface area contributed by atoms with Gasteiger partial charge < -0.3 is 14.9 Å². The molecule has 3 aromatic rings. The van der Waals surface area contributed by atoms with Gasteiger partial charge >= 0.3 is 0 Å². The molecule has 0 radical (unpaired) electrons. The number of rotatable bonds is 5. The van der Waals surface area contributed by atoms with Crippen LogP contribution in [0.1, 0.15) is 60.9 Å². The zero-order valence-electron chi connectivity index (χ0n) is 20.7. The number of fused-ring (bicyclic) bond motifs is 1. The molecule has 3 aromatic heterocycles. The van der Waals surface area contributed by atoms with Crippen LogP contribution in [0.3, 0.4) is 0 Å². The SMILES string of the molecule is CC(C)c1cccnc1[C@@H]1C=CC[C@H](c2nc3cccc(N4CCN(C)CC4)n3c2CO)N1C. The predicted octanol–water partition coefficient (Wildman–Crippen LogP) is 3.77. The van der Waals surface area contributed by atoms with Crippen molar-refractivity contribution >= 4 is 11.5 Å². The van der Waals surface area contributed by atoms with Crippen LogP contribution in [0.2, 0.25) is 0 Å². The molecule has 180 valence electrons. The molecule has 0 aliphatic carbocycles. The van der Waals surface area contributed by atoms with Gasteiger partial charge in [0.25, 0.3) is 0 Å². The smallest absolute Gasteiger partial charge is 0.138 e. The van der Waals surface area contributed by atoms with E-state index in [1.54, 1.807) is 0 Å². The molecule has 7 heteroatoms. The third-order valence-electron chi connectivity index (χ3n) is 7.42. The van der Waals surface area contributed by atoms with Crippen LogP contribution in [0.25, 0.3) is 5.65 Å². The minimum absolute atomic E-state index is 0.0409. The number of imidazole rings is 1. The second kappa shape index (κ2) is 9.49. The standard InChI is InChI=1S/C27H36N6O/c1-19(2)20-8-7-13-28-26(20)21-9-5-10-22(31(21)4)27-23(18-34)33-24(29-27)11-6-12-25(33)32-16-14-30(3)15-17-32/h5-9,11-13,19,21-22,34H,10,14-18H2,1-4H3/t21-,22+/m0/s1. The molecule has 2 aliphatic rings. The largest absolute Gasteiger partial charge is 0.390 e. The Kier molecular flexibility index (Phi) is 6.42. The Morgan fingerprint density at radius 3 is 2.56 bits per heavy atom. The summed E-state index contributed by atoms with van der Waals surface area (Å²) in [7, 11) is 4.33. The number of nitrogens with zero attached hydrogens (tertiary/aromatic N) is 6. The Morgan fingerprint density at radius 2 is 1.82 bits per heavy atom. The first-order chi connectivity index (χ1) is 16.5. The molecular weight excluding hydrogens is 424 g/mol. The van der Waals surface area contributed by atoms with Gasteiger partial charge in [0.2, 0.25) is 0 Å². The number of aliphatic hydroxyl groups excluding tert-OH is 1. The molecule has 0 spiro atoms. The van der Waals surface area contributed by atoms with Crippen molar-refractivity contribution in [2.24, 2.45) is 0 Å². The van der Waals surface area contributed by atoms with E-state index in [1.165, 1.54) is 5.56 Å². The van der Waals surface area contributed by atoms with Gasteiger partial charge in [-0.05, 0) is 50.2 Å². The molecule has 0 unspecified atom stereocenters. The summed E-state index contributed by atoms with van der Waals surface area (Å²) >= 11 is 0. The van der Waals surface area contributed by atoms with Crippen LogP contribution in [0.15, 0.2) is 48.7 Å². The third-order valence-corrected chi connectivity index (χ3v) is 7.42. The summed E-state index contributed by atoms with van der Waals surface area (Å²) in [6.45, 7) is 8.41. The highest BCUT2D eigenvalue weighted by atomic mass is 16.3. The maximum atomic E-state index is 10.6. The first-order valence-electron chi connectivity index (χ1n) is 12.4. The van der Waals surface area contributed by atoms with Crippen LogP contribution in [0.4, 0.5) is 5.82 Å². The molecule has 0 bridgehead atoms. The van der Waals surface area contributed by atoms with Gasteiger partial charge in [-0.2, -0.15) is 0 Å². The van der Waals surface area contributed by atoms with Gasteiger partial charge in [-0.1, -0.05) is 38.1 Å².